The fourth-order valence-corrected chi connectivity index (χ4v) is 4.25. The van der Waals surface area contributed by atoms with Crippen molar-refractivity contribution in [2.24, 2.45) is 0 Å². The van der Waals surface area contributed by atoms with Crippen LogP contribution in [0.15, 0.2) is 65.7 Å². The fraction of sp³-hybridized carbons (Fsp3) is 0.0909. The molecule has 0 saturated heterocycles. The molecule has 0 radical (unpaired) electrons. The number of hydrogen-bond acceptors (Lipinski definition) is 4. The molecule has 4 nitrogen and oxygen atoms in total. The molecule has 0 fully saturated rings. The molecule has 2 aromatic carbocycles. The number of amides is 2. The van der Waals surface area contributed by atoms with Gasteiger partial charge in [-0.2, -0.15) is 13.2 Å². The second kappa shape index (κ2) is 7.86. The Balaban J connectivity index is 1.80. The quantitative estimate of drug-likeness (QED) is 0.475. The van der Waals surface area contributed by atoms with Crippen molar-refractivity contribution >= 4 is 51.7 Å². The van der Waals surface area contributed by atoms with Crippen LogP contribution < -0.4 is 10.2 Å². The number of carbonyl (C=O) groups is 2. The van der Waals surface area contributed by atoms with Crippen molar-refractivity contribution in [3.8, 4) is 0 Å². The summed E-state index contributed by atoms with van der Waals surface area (Å²) in [6, 6.07) is 12.5. The van der Waals surface area contributed by atoms with E-state index >= 15 is 0 Å². The molecule has 1 aliphatic rings. The lowest BCUT2D eigenvalue weighted by molar-refractivity contribution is -0.137. The van der Waals surface area contributed by atoms with Crippen LogP contribution in [0.3, 0.4) is 0 Å². The van der Waals surface area contributed by atoms with Crippen molar-refractivity contribution in [1.29, 1.82) is 0 Å². The van der Waals surface area contributed by atoms with Gasteiger partial charge in [0.1, 0.15) is 5.70 Å². The van der Waals surface area contributed by atoms with Gasteiger partial charge in [0.05, 0.1) is 16.8 Å². The monoisotopic (exact) mass is 462 g/mol. The molecule has 9 heteroatoms. The minimum absolute atomic E-state index is 0.00437. The Morgan fingerprint density at radius 3 is 2.42 bits per heavy atom. The first-order chi connectivity index (χ1) is 14.7. The van der Waals surface area contributed by atoms with Gasteiger partial charge in [-0.25, -0.2) is 4.90 Å². The smallest absolute Gasteiger partial charge is 0.350 e. The fourth-order valence-electron chi connectivity index (χ4n) is 3.25. The number of thiophene rings is 1. The normalized spacial score (nSPS) is 14.5. The third-order valence-electron chi connectivity index (χ3n) is 4.73. The highest BCUT2D eigenvalue weighted by molar-refractivity contribution is 7.11. The number of aryl methyl sites for hydroxylation is 1. The van der Waals surface area contributed by atoms with E-state index in [1.54, 1.807) is 42.6 Å². The van der Waals surface area contributed by atoms with Gasteiger partial charge in [-0.3, -0.25) is 9.59 Å². The molecule has 0 atom stereocenters. The average molecular weight is 463 g/mol. The zero-order chi connectivity index (χ0) is 22.3. The predicted octanol–water partition coefficient (Wildman–Crippen LogP) is 6.13. The van der Waals surface area contributed by atoms with Gasteiger partial charge in [-0.15, -0.1) is 11.3 Å². The van der Waals surface area contributed by atoms with Crippen molar-refractivity contribution in [1.82, 2.24) is 0 Å². The van der Waals surface area contributed by atoms with Crippen molar-refractivity contribution in [2.75, 3.05) is 10.2 Å². The number of anilines is 2. The van der Waals surface area contributed by atoms with Gasteiger partial charge < -0.3 is 5.32 Å². The highest BCUT2D eigenvalue weighted by Gasteiger charge is 2.41. The molecule has 0 aliphatic carbocycles. The van der Waals surface area contributed by atoms with Gasteiger partial charge >= 0.3 is 6.18 Å². The van der Waals surface area contributed by atoms with E-state index in [9.17, 15) is 22.8 Å². The van der Waals surface area contributed by atoms with Crippen LogP contribution in [-0.4, -0.2) is 11.8 Å². The molecule has 31 heavy (non-hydrogen) atoms. The number of hydrogen-bond donors (Lipinski definition) is 1. The number of imide groups is 1. The van der Waals surface area contributed by atoms with Crippen LogP contribution >= 0.6 is 22.9 Å². The van der Waals surface area contributed by atoms with E-state index in [0.717, 1.165) is 28.7 Å². The molecule has 3 aromatic rings. The second-order valence-corrected chi connectivity index (χ2v) is 8.19. The van der Waals surface area contributed by atoms with E-state index in [4.69, 9.17) is 11.6 Å². The zero-order valence-corrected chi connectivity index (χ0v) is 17.5. The van der Waals surface area contributed by atoms with E-state index in [1.165, 1.54) is 17.4 Å². The van der Waals surface area contributed by atoms with E-state index in [2.05, 4.69) is 5.32 Å². The lowest BCUT2D eigenvalue weighted by Gasteiger charge is -2.17. The van der Waals surface area contributed by atoms with E-state index < -0.39 is 23.6 Å². The molecule has 2 amide bonds. The lowest BCUT2D eigenvalue weighted by atomic mass is 10.1. The first kappa shape index (κ1) is 21.1. The summed E-state index contributed by atoms with van der Waals surface area (Å²) in [4.78, 5) is 27.8. The predicted molar refractivity (Wildman–Crippen MR) is 115 cm³/mol. The lowest BCUT2D eigenvalue weighted by Crippen LogP contribution is -2.32. The number of carbonyl (C=O) groups excluding carboxylic acids is 2. The standard InChI is InChI=1S/C22H14ClF3N2O2S/c1-12-10-14(23)7-8-16(12)27-19-18(17-6-3-9-31-17)20(29)28(21(19)30)15-5-2-4-13(11-15)22(24,25)26/h2-11,27H,1H3. The topological polar surface area (TPSA) is 49.4 Å². The Bertz CT molecular complexity index is 1220. The molecule has 1 aromatic heterocycles. The number of nitrogens with one attached hydrogen (secondary N) is 1. The summed E-state index contributed by atoms with van der Waals surface area (Å²) >= 11 is 7.24. The molecular weight excluding hydrogens is 449 g/mol. The number of rotatable bonds is 4. The summed E-state index contributed by atoms with van der Waals surface area (Å²) in [7, 11) is 0. The Labute approximate surface area is 184 Å². The van der Waals surface area contributed by atoms with Crippen LogP contribution in [0.4, 0.5) is 24.5 Å². The summed E-state index contributed by atoms with van der Waals surface area (Å²) in [6.45, 7) is 1.78. The van der Waals surface area contributed by atoms with Gasteiger partial charge in [-0.1, -0.05) is 23.7 Å². The Morgan fingerprint density at radius 1 is 1.00 bits per heavy atom. The van der Waals surface area contributed by atoms with Gasteiger partial charge in [-0.05, 0) is 60.3 Å². The molecule has 2 heterocycles. The van der Waals surface area contributed by atoms with Crippen LogP contribution in [0.1, 0.15) is 16.0 Å². The summed E-state index contributed by atoms with van der Waals surface area (Å²) in [5, 5.41) is 5.25. The Hall–Kier alpha value is -3.10. The van der Waals surface area contributed by atoms with Gasteiger partial charge in [0.2, 0.25) is 0 Å². The largest absolute Gasteiger partial charge is 0.416 e. The van der Waals surface area contributed by atoms with E-state index in [-0.39, 0.29) is 17.0 Å². The molecule has 158 valence electrons. The maximum atomic E-state index is 13.2. The summed E-state index contributed by atoms with van der Waals surface area (Å²) in [5.41, 5.74) is 0.299. The van der Waals surface area contributed by atoms with E-state index in [1.807, 2.05) is 0 Å². The summed E-state index contributed by atoms with van der Waals surface area (Å²) in [6.07, 6.45) is -4.60. The minimum Gasteiger partial charge on any atom is -0.350 e. The van der Waals surface area contributed by atoms with Gasteiger partial charge in [0.25, 0.3) is 11.8 Å². The van der Waals surface area contributed by atoms with Crippen molar-refractivity contribution < 1.29 is 22.8 Å². The van der Waals surface area contributed by atoms with Crippen LogP contribution in [0.5, 0.6) is 0 Å². The number of benzene rings is 2. The maximum absolute atomic E-state index is 13.2. The molecule has 0 saturated carbocycles. The maximum Gasteiger partial charge on any atom is 0.416 e. The molecule has 4 rings (SSSR count). The highest BCUT2D eigenvalue weighted by Crippen LogP contribution is 2.38. The molecule has 0 bridgehead atoms. The zero-order valence-electron chi connectivity index (χ0n) is 16.0. The summed E-state index contributed by atoms with van der Waals surface area (Å²) < 4.78 is 39.5. The van der Waals surface area contributed by atoms with Gasteiger partial charge in [0.15, 0.2) is 0 Å². The summed E-state index contributed by atoms with van der Waals surface area (Å²) in [5.74, 6) is -1.43. The first-order valence-corrected chi connectivity index (χ1v) is 10.3. The van der Waals surface area contributed by atoms with Crippen LogP contribution in [-0.2, 0) is 15.8 Å². The van der Waals surface area contributed by atoms with E-state index in [0.29, 0.717) is 15.6 Å². The number of halogens is 4. The number of nitrogens with zero attached hydrogens (tertiary/aromatic N) is 1. The molecular formula is C22H14ClF3N2O2S. The van der Waals surface area contributed by atoms with Crippen LogP contribution in [0, 0.1) is 6.92 Å². The molecule has 1 aliphatic heterocycles. The molecule has 1 N–H and O–H groups in total. The second-order valence-electron chi connectivity index (χ2n) is 6.81. The Kier molecular flexibility index (Phi) is 5.36. The van der Waals surface area contributed by atoms with Crippen LogP contribution in [0.25, 0.3) is 5.57 Å². The average Bonchev–Trinajstić information content (AvgIpc) is 3.30. The third-order valence-corrected chi connectivity index (χ3v) is 5.85. The molecule has 0 unspecified atom stereocenters. The van der Waals surface area contributed by atoms with Gasteiger partial charge in [0, 0.05) is 15.6 Å². The minimum atomic E-state index is -4.60. The number of alkyl halides is 3. The first-order valence-electron chi connectivity index (χ1n) is 9.04. The van der Waals surface area contributed by atoms with Crippen molar-refractivity contribution in [2.45, 2.75) is 13.1 Å². The van der Waals surface area contributed by atoms with Crippen molar-refractivity contribution in [3.05, 3.63) is 86.7 Å². The Morgan fingerprint density at radius 2 is 1.77 bits per heavy atom. The third kappa shape index (κ3) is 3.96. The molecule has 0 spiro atoms. The van der Waals surface area contributed by atoms with Crippen molar-refractivity contribution in [3.63, 3.8) is 0 Å². The van der Waals surface area contributed by atoms with Crippen LogP contribution in [0.2, 0.25) is 5.02 Å². The SMILES string of the molecule is Cc1cc(Cl)ccc1NC1=C(c2cccs2)C(=O)N(c2cccc(C(F)(F)F)c2)C1=O. The highest BCUT2D eigenvalue weighted by atomic mass is 35.5.